The standard InChI is InChI=1S/C10H8N2O.C2HF3O2/c11-10(13)8-5-6-12-9-4-2-1-3-7(8)9;3-2(4,5)1(6)7/h1-6H,(H2,11,13);(H,6,7). The molecule has 106 valence electrons. The lowest BCUT2D eigenvalue weighted by Gasteiger charge is -2.00. The predicted molar refractivity (Wildman–Crippen MR) is 64.0 cm³/mol. The lowest BCUT2D eigenvalue weighted by Crippen LogP contribution is -2.21. The third-order valence-electron chi connectivity index (χ3n) is 2.16. The van der Waals surface area contributed by atoms with Crippen LogP contribution in [0, 0.1) is 0 Å². The van der Waals surface area contributed by atoms with Crippen LogP contribution in [-0.2, 0) is 4.79 Å². The summed E-state index contributed by atoms with van der Waals surface area (Å²) in [5, 5.41) is 7.93. The summed E-state index contributed by atoms with van der Waals surface area (Å²) in [6.45, 7) is 0. The SMILES string of the molecule is NC(=O)c1ccnc2ccccc12.O=C(O)C(F)(F)F. The Kier molecular flexibility index (Phi) is 4.63. The number of carbonyl (C=O) groups is 2. The van der Waals surface area contributed by atoms with Crippen molar-refractivity contribution in [2.45, 2.75) is 6.18 Å². The van der Waals surface area contributed by atoms with Gasteiger partial charge in [-0.05, 0) is 12.1 Å². The van der Waals surface area contributed by atoms with Gasteiger partial charge in [-0.2, -0.15) is 13.2 Å². The van der Waals surface area contributed by atoms with Crippen LogP contribution in [0.15, 0.2) is 36.5 Å². The van der Waals surface area contributed by atoms with E-state index in [-0.39, 0.29) is 0 Å². The van der Waals surface area contributed by atoms with Gasteiger partial charge in [0.1, 0.15) is 0 Å². The first-order chi connectivity index (χ1) is 9.23. The highest BCUT2D eigenvalue weighted by molar-refractivity contribution is 6.05. The molecule has 20 heavy (non-hydrogen) atoms. The van der Waals surface area contributed by atoms with Crippen LogP contribution in [0.2, 0.25) is 0 Å². The van der Waals surface area contributed by atoms with E-state index in [1.54, 1.807) is 12.3 Å². The fourth-order valence-corrected chi connectivity index (χ4v) is 1.31. The number of nitrogens with zero attached hydrogens (tertiary/aromatic N) is 1. The summed E-state index contributed by atoms with van der Waals surface area (Å²) in [5.74, 6) is -3.17. The van der Waals surface area contributed by atoms with E-state index >= 15 is 0 Å². The second kappa shape index (κ2) is 6.00. The number of nitrogens with two attached hydrogens (primary N) is 1. The number of hydrogen-bond acceptors (Lipinski definition) is 3. The molecule has 0 saturated heterocycles. The zero-order chi connectivity index (χ0) is 15.3. The number of fused-ring (bicyclic) bond motifs is 1. The largest absolute Gasteiger partial charge is 0.490 e. The average Bonchev–Trinajstić information content (AvgIpc) is 2.37. The predicted octanol–water partition coefficient (Wildman–Crippen LogP) is 1.97. The second-order valence-corrected chi connectivity index (χ2v) is 3.54. The molecular weight excluding hydrogens is 277 g/mol. The Balaban J connectivity index is 0.000000246. The molecule has 0 spiro atoms. The van der Waals surface area contributed by atoms with Crippen LogP contribution in [0.1, 0.15) is 10.4 Å². The number of rotatable bonds is 1. The molecule has 5 nitrogen and oxygen atoms in total. The van der Waals surface area contributed by atoms with Gasteiger partial charge in [-0.1, -0.05) is 18.2 Å². The minimum Gasteiger partial charge on any atom is -0.475 e. The van der Waals surface area contributed by atoms with Crippen molar-refractivity contribution in [3.05, 3.63) is 42.1 Å². The second-order valence-electron chi connectivity index (χ2n) is 3.54. The summed E-state index contributed by atoms with van der Waals surface area (Å²) in [4.78, 5) is 24.0. The number of pyridine rings is 1. The first-order valence-electron chi connectivity index (χ1n) is 5.17. The number of amides is 1. The molecule has 8 heteroatoms. The highest BCUT2D eigenvalue weighted by Crippen LogP contribution is 2.15. The zero-order valence-corrected chi connectivity index (χ0v) is 9.89. The average molecular weight is 286 g/mol. The van der Waals surface area contributed by atoms with Crippen molar-refractivity contribution in [2.75, 3.05) is 0 Å². The Morgan fingerprint density at radius 2 is 1.70 bits per heavy atom. The number of carboxylic acids is 1. The number of benzene rings is 1. The molecule has 0 atom stereocenters. The number of carboxylic acid groups (broad SMARTS) is 1. The lowest BCUT2D eigenvalue weighted by atomic mass is 10.1. The molecule has 2 aromatic rings. The van der Waals surface area contributed by atoms with Crippen LogP contribution in [0.3, 0.4) is 0 Å². The number of aliphatic carboxylic acids is 1. The number of halogens is 3. The van der Waals surface area contributed by atoms with E-state index in [0.29, 0.717) is 5.56 Å². The maximum Gasteiger partial charge on any atom is 0.490 e. The van der Waals surface area contributed by atoms with Crippen LogP contribution >= 0.6 is 0 Å². The number of aromatic nitrogens is 1. The van der Waals surface area contributed by atoms with Gasteiger partial charge in [0.2, 0.25) is 5.91 Å². The lowest BCUT2D eigenvalue weighted by molar-refractivity contribution is -0.192. The van der Waals surface area contributed by atoms with E-state index in [4.69, 9.17) is 15.6 Å². The molecule has 0 aliphatic carbocycles. The number of para-hydroxylation sites is 1. The topological polar surface area (TPSA) is 93.3 Å². The van der Waals surface area contributed by atoms with E-state index in [0.717, 1.165) is 10.9 Å². The van der Waals surface area contributed by atoms with Crippen LogP contribution in [0.5, 0.6) is 0 Å². The molecule has 0 fully saturated rings. The molecule has 1 heterocycles. The van der Waals surface area contributed by atoms with Gasteiger partial charge in [0, 0.05) is 11.6 Å². The Morgan fingerprint density at radius 3 is 2.20 bits per heavy atom. The molecule has 0 aliphatic rings. The van der Waals surface area contributed by atoms with Gasteiger partial charge < -0.3 is 10.8 Å². The summed E-state index contributed by atoms with van der Waals surface area (Å²) in [6.07, 6.45) is -3.50. The van der Waals surface area contributed by atoms with Gasteiger partial charge in [0.05, 0.1) is 11.1 Å². The van der Waals surface area contributed by atoms with E-state index in [2.05, 4.69) is 4.98 Å². The highest BCUT2D eigenvalue weighted by Gasteiger charge is 2.38. The molecule has 1 amide bonds. The maximum absolute atomic E-state index is 11.0. The molecule has 0 unspecified atom stereocenters. The fourth-order valence-electron chi connectivity index (χ4n) is 1.31. The van der Waals surface area contributed by atoms with Crippen LogP contribution in [-0.4, -0.2) is 28.1 Å². The molecule has 3 N–H and O–H groups in total. The quantitative estimate of drug-likeness (QED) is 0.838. The monoisotopic (exact) mass is 286 g/mol. The van der Waals surface area contributed by atoms with Gasteiger partial charge in [0.25, 0.3) is 0 Å². The van der Waals surface area contributed by atoms with Gasteiger partial charge >= 0.3 is 12.1 Å². The normalized spacial score (nSPS) is 10.6. The van der Waals surface area contributed by atoms with Crippen LogP contribution in [0.4, 0.5) is 13.2 Å². The van der Waals surface area contributed by atoms with Crippen molar-refractivity contribution >= 4 is 22.8 Å². The molecule has 0 saturated carbocycles. The van der Waals surface area contributed by atoms with Crippen molar-refractivity contribution < 1.29 is 27.9 Å². The van der Waals surface area contributed by atoms with Gasteiger partial charge in [-0.25, -0.2) is 4.79 Å². The summed E-state index contributed by atoms with van der Waals surface area (Å²) < 4.78 is 31.7. The Hall–Kier alpha value is -2.64. The van der Waals surface area contributed by atoms with E-state index in [1.807, 2.05) is 24.3 Å². The van der Waals surface area contributed by atoms with Crippen LogP contribution < -0.4 is 5.73 Å². The smallest absolute Gasteiger partial charge is 0.475 e. The van der Waals surface area contributed by atoms with Gasteiger partial charge in [-0.3, -0.25) is 9.78 Å². The summed E-state index contributed by atoms with van der Waals surface area (Å²) >= 11 is 0. The minimum atomic E-state index is -5.08. The molecular formula is C12H9F3N2O3. The minimum absolute atomic E-state index is 0.418. The van der Waals surface area contributed by atoms with Crippen molar-refractivity contribution in [1.29, 1.82) is 0 Å². The molecule has 0 bridgehead atoms. The van der Waals surface area contributed by atoms with E-state index in [9.17, 15) is 18.0 Å². The van der Waals surface area contributed by atoms with E-state index in [1.165, 1.54) is 0 Å². The fraction of sp³-hybridized carbons (Fsp3) is 0.0833. The first kappa shape index (κ1) is 15.4. The third kappa shape index (κ3) is 3.94. The first-order valence-corrected chi connectivity index (χ1v) is 5.17. The number of carbonyl (C=O) groups excluding carboxylic acids is 1. The Labute approximate surface area is 110 Å². The van der Waals surface area contributed by atoms with Crippen molar-refractivity contribution in [2.24, 2.45) is 5.73 Å². The Morgan fingerprint density at radius 1 is 1.15 bits per heavy atom. The van der Waals surface area contributed by atoms with E-state index < -0.39 is 18.1 Å². The molecule has 0 aliphatic heterocycles. The van der Waals surface area contributed by atoms with Crippen molar-refractivity contribution in [3.8, 4) is 0 Å². The molecule has 1 aromatic carbocycles. The summed E-state index contributed by atoms with van der Waals surface area (Å²) in [7, 11) is 0. The maximum atomic E-state index is 11.0. The highest BCUT2D eigenvalue weighted by atomic mass is 19.4. The zero-order valence-electron chi connectivity index (χ0n) is 9.89. The molecule has 1 aromatic heterocycles. The van der Waals surface area contributed by atoms with Gasteiger partial charge in [0.15, 0.2) is 0 Å². The number of hydrogen-bond donors (Lipinski definition) is 2. The van der Waals surface area contributed by atoms with Crippen molar-refractivity contribution in [3.63, 3.8) is 0 Å². The number of primary amides is 1. The molecule has 0 radical (unpaired) electrons. The molecule has 2 rings (SSSR count). The number of alkyl halides is 3. The van der Waals surface area contributed by atoms with Gasteiger partial charge in [-0.15, -0.1) is 0 Å². The summed E-state index contributed by atoms with van der Waals surface area (Å²) in [6, 6.07) is 9.05. The van der Waals surface area contributed by atoms with Crippen LogP contribution in [0.25, 0.3) is 10.9 Å². The Bertz CT molecular complexity index is 636. The summed E-state index contributed by atoms with van der Waals surface area (Å²) in [5.41, 5.74) is 6.52. The van der Waals surface area contributed by atoms with Crippen molar-refractivity contribution in [1.82, 2.24) is 4.98 Å². The third-order valence-corrected chi connectivity index (χ3v) is 2.16.